The number of carbonyl (C=O) groups is 1. The molecule has 1 atom stereocenters. The minimum absolute atomic E-state index is 0.0142. The molecule has 1 unspecified atom stereocenters. The third-order valence-electron chi connectivity index (χ3n) is 3.68. The van der Waals surface area contributed by atoms with Crippen molar-refractivity contribution >= 4 is 27.5 Å². The topological polar surface area (TPSA) is 41.1 Å². The fourth-order valence-corrected chi connectivity index (χ4v) is 3.37. The molecular formula is C17H17BrN2O. The van der Waals surface area contributed by atoms with Crippen LogP contribution in [0.1, 0.15) is 22.7 Å². The summed E-state index contributed by atoms with van der Waals surface area (Å²) >= 11 is 3.46. The van der Waals surface area contributed by atoms with Gasteiger partial charge in [-0.2, -0.15) is 0 Å². The summed E-state index contributed by atoms with van der Waals surface area (Å²) in [5, 5.41) is 6.30. The number of hydrogen-bond acceptors (Lipinski definition) is 2. The number of anilines is 1. The molecule has 3 rings (SSSR count). The molecule has 4 heteroatoms. The molecule has 1 aliphatic heterocycles. The molecule has 0 saturated heterocycles. The lowest BCUT2D eigenvalue weighted by molar-refractivity contribution is -0.118. The Morgan fingerprint density at radius 2 is 2.10 bits per heavy atom. The Labute approximate surface area is 132 Å². The van der Waals surface area contributed by atoms with E-state index in [1.54, 1.807) is 0 Å². The van der Waals surface area contributed by atoms with E-state index in [0.717, 1.165) is 34.3 Å². The lowest BCUT2D eigenvalue weighted by Gasteiger charge is -2.26. The van der Waals surface area contributed by atoms with Crippen molar-refractivity contribution in [1.29, 1.82) is 0 Å². The van der Waals surface area contributed by atoms with Gasteiger partial charge in [0.1, 0.15) is 6.04 Å². The summed E-state index contributed by atoms with van der Waals surface area (Å²) in [6.07, 6.45) is 0.968. The summed E-state index contributed by atoms with van der Waals surface area (Å²) in [5.74, 6) is -0.0142. The molecule has 0 saturated carbocycles. The molecule has 0 radical (unpaired) electrons. The molecule has 1 amide bonds. The number of hydrogen-bond donors (Lipinski definition) is 2. The second kappa shape index (κ2) is 6.00. The van der Waals surface area contributed by atoms with Crippen molar-refractivity contribution in [2.45, 2.75) is 19.4 Å². The molecule has 21 heavy (non-hydrogen) atoms. The second-order valence-corrected chi connectivity index (χ2v) is 6.26. The molecule has 108 valence electrons. The summed E-state index contributed by atoms with van der Waals surface area (Å²) in [6.45, 7) is 2.83. The predicted molar refractivity (Wildman–Crippen MR) is 88.4 cm³/mol. The minimum atomic E-state index is -0.283. The maximum atomic E-state index is 12.6. The van der Waals surface area contributed by atoms with Crippen LogP contribution in [-0.4, -0.2) is 12.5 Å². The number of nitrogens with one attached hydrogen (secondary N) is 2. The summed E-state index contributed by atoms with van der Waals surface area (Å²) in [7, 11) is 0. The highest BCUT2D eigenvalue weighted by Crippen LogP contribution is 2.25. The molecule has 1 heterocycles. The van der Waals surface area contributed by atoms with Crippen molar-refractivity contribution in [2.75, 3.05) is 11.9 Å². The maximum absolute atomic E-state index is 12.6. The molecule has 0 fully saturated rings. The molecule has 1 aliphatic rings. The lowest BCUT2D eigenvalue weighted by Crippen LogP contribution is -2.38. The van der Waals surface area contributed by atoms with Crippen molar-refractivity contribution in [1.82, 2.24) is 5.32 Å². The van der Waals surface area contributed by atoms with E-state index in [4.69, 9.17) is 0 Å². The highest BCUT2D eigenvalue weighted by molar-refractivity contribution is 9.10. The van der Waals surface area contributed by atoms with Gasteiger partial charge in [-0.25, -0.2) is 0 Å². The van der Waals surface area contributed by atoms with Gasteiger partial charge in [-0.3, -0.25) is 4.79 Å². The van der Waals surface area contributed by atoms with Crippen LogP contribution in [0.2, 0.25) is 0 Å². The van der Waals surface area contributed by atoms with Gasteiger partial charge in [-0.1, -0.05) is 40.2 Å². The van der Waals surface area contributed by atoms with Gasteiger partial charge >= 0.3 is 0 Å². The molecule has 0 bridgehead atoms. The highest BCUT2D eigenvalue weighted by atomic mass is 79.9. The van der Waals surface area contributed by atoms with Gasteiger partial charge in [0, 0.05) is 16.7 Å². The monoisotopic (exact) mass is 344 g/mol. The standard InChI is InChI=1S/C17H17BrN2O/c1-11-8-13(18)10-14(9-11)20-17(21)16-15-5-3-2-4-12(15)6-7-19-16/h2-5,8-10,16,19H,6-7H2,1H3,(H,20,21). The first-order chi connectivity index (χ1) is 10.1. The number of rotatable bonds is 2. The zero-order valence-electron chi connectivity index (χ0n) is 11.8. The van der Waals surface area contributed by atoms with Crippen LogP contribution in [0, 0.1) is 6.92 Å². The molecule has 0 aromatic heterocycles. The number of aryl methyl sites for hydroxylation is 1. The van der Waals surface area contributed by atoms with Gasteiger partial charge in [-0.05, 0) is 48.2 Å². The summed E-state index contributed by atoms with van der Waals surface area (Å²) < 4.78 is 0.967. The van der Waals surface area contributed by atoms with Crippen LogP contribution >= 0.6 is 15.9 Å². The van der Waals surface area contributed by atoms with Crippen LogP contribution in [0.4, 0.5) is 5.69 Å². The quantitative estimate of drug-likeness (QED) is 0.874. The van der Waals surface area contributed by atoms with Gasteiger partial charge < -0.3 is 10.6 Å². The number of amides is 1. The maximum Gasteiger partial charge on any atom is 0.246 e. The van der Waals surface area contributed by atoms with Crippen molar-refractivity contribution < 1.29 is 4.79 Å². The summed E-state index contributed by atoms with van der Waals surface area (Å²) in [4.78, 5) is 12.6. The zero-order chi connectivity index (χ0) is 14.8. The van der Waals surface area contributed by atoms with Crippen molar-refractivity contribution in [3.05, 3.63) is 63.6 Å². The molecule has 2 aromatic carbocycles. The van der Waals surface area contributed by atoms with Gasteiger partial charge in [0.2, 0.25) is 5.91 Å². The average molecular weight is 345 g/mol. The zero-order valence-corrected chi connectivity index (χ0v) is 13.4. The third-order valence-corrected chi connectivity index (χ3v) is 4.14. The van der Waals surface area contributed by atoms with Gasteiger partial charge in [0.15, 0.2) is 0 Å². The summed E-state index contributed by atoms with van der Waals surface area (Å²) in [6, 6.07) is 13.7. The smallest absolute Gasteiger partial charge is 0.246 e. The van der Waals surface area contributed by atoms with Crippen LogP contribution in [0.15, 0.2) is 46.9 Å². The Balaban J connectivity index is 1.83. The largest absolute Gasteiger partial charge is 0.324 e. The first-order valence-electron chi connectivity index (χ1n) is 7.03. The number of halogens is 1. The summed E-state index contributed by atoms with van der Waals surface area (Å²) in [5.41, 5.74) is 4.25. The molecule has 0 aliphatic carbocycles. The Hall–Kier alpha value is -1.65. The first kappa shape index (κ1) is 14.3. The minimum Gasteiger partial charge on any atom is -0.324 e. The number of benzene rings is 2. The molecule has 3 nitrogen and oxygen atoms in total. The van der Waals surface area contributed by atoms with Crippen molar-refractivity contribution in [3.63, 3.8) is 0 Å². The molecular weight excluding hydrogens is 328 g/mol. The Kier molecular flexibility index (Phi) is 4.08. The van der Waals surface area contributed by atoms with E-state index < -0.39 is 0 Å². The van der Waals surface area contributed by atoms with Crippen LogP contribution in [0.3, 0.4) is 0 Å². The normalized spacial score (nSPS) is 17.1. The third kappa shape index (κ3) is 3.17. The Morgan fingerprint density at radius 3 is 2.90 bits per heavy atom. The van der Waals surface area contributed by atoms with E-state index in [1.807, 2.05) is 43.3 Å². The van der Waals surface area contributed by atoms with Gasteiger partial charge in [0.05, 0.1) is 0 Å². The number of fused-ring (bicyclic) bond motifs is 1. The van der Waals surface area contributed by atoms with E-state index in [0.29, 0.717) is 0 Å². The van der Waals surface area contributed by atoms with E-state index in [1.165, 1.54) is 5.56 Å². The second-order valence-electron chi connectivity index (χ2n) is 5.34. The first-order valence-corrected chi connectivity index (χ1v) is 7.82. The SMILES string of the molecule is Cc1cc(Br)cc(NC(=O)C2NCCc3ccccc32)c1. The molecule has 2 aromatic rings. The Morgan fingerprint density at radius 1 is 1.29 bits per heavy atom. The average Bonchev–Trinajstić information content (AvgIpc) is 2.45. The van der Waals surface area contributed by atoms with E-state index in [9.17, 15) is 4.79 Å². The molecule has 0 spiro atoms. The fourth-order valence-electron chi connectivity index (χ4n) is 2.76. The molecule has 2 N–H and O–H groups in total. The van der Waals surface area contributed by atoms with Gasteiger partial charge in [-0.15, -0.1) is 0 Å². The Bertz CT molecular complexity index is 664. The fraction of sp³-hybridized carbons (Fsp3) is 0.235. The number of carbonyl (C=O) groups excluding carboxylic acids is 1. The van der Waals surface area contributed by atoms with Crippen LogP contribution in [0.25, 0.3) is 0 Å². The van der Waals surface area contributed by atoms with E-state index in [-0.39, 0.29) is 11.9 Å². The highest BCUT2D eigenvalue weighted by Gasteiger charge is 2.25. The van der Waals surface area contributed by atoms with E-state index >= 15 is 0 Å². The van der Waals surface area contributed by atoms with Crippen LogP contribution < -0.4 is 10.6 Å². The van der Waals surface area contributed by atoms with E-state index in [2.05, 4.69) is 32.6 Å². The van der Waals surface area contributed by atoms with Crippen LogP contribution in [-0.2, 0) is 11.2 Å². The van der Waals surface area contributed by atoms with Gasteiger partial charge in [0.25, 0.3) is 0 Å². The predicted octanol–water partition coefficient (Wildman–Crippen LogP) is 3.58. The van der Waals surface area contributed by atoms with Crippen molar-refractivity contribution in [3.8, 4) is 0 Å². The lowest BCUT2D eigenvalue weighted by atomic mass is 9.94. The van der Waals surface area contributed by atoms with Crippen molar-refractivity contribution in [2.24, 2.45) is 0 Å². The van der Waals surface area contributed by atoms with Crippen LogP contribution in [0.5, 0.6) is 0 Å².